The highest BCUT2D eigenvalue weighted by atomic mass is 35.5. The number of nitrogens with zero attached hydrogens (tertiary/aromatic N) is 4. The predicted molar refractivity (Wildman–Crippen MR) is 102 cm³/mol. The Bertz CT molecular complexity index is 882. The molecule has 1 fully saturated rings. The SMILES string of the molecule is O=C(c1ccc(Cl)cn1)N1CCc2c(C(=O)N3CCCCC3CO)n[nH]c2C1. The summed E-state index contributed by atoms with van der Waals surface area (Å²) < 4.78 is 0. The molecule has 148 valence electrons. The topological polar surface area (TPSA) is 102 Å². The Labute approximate surface area is 167 Å². The molecular weight excluding hydrogens is 382 g/mol. The fraction of sp³-hybridized carbons (Fsp3) is 0.474. The van der Waals surface area contributed by atoms with Crippen molar-refractivity contribution in [3.8, 4) is 0 Å². The maximum atomic E-state index is 13.0. The van der Waals surface area contributed by atoms with Gasteiger partial charge in [-0.1, -0.05) is 11.6 Å². The summed E-state index contributed by atoms with van der Waals surface area (Å²) in [5.41, 5.74) is 2.38. The molecule has 8 nitrogen and oxygen atoms in total. The van der Waals surface area contributed by atoms with Crippen LogP contribution in [0.25, 0.3) is 0 Å². The highest BCUT2D eigenvalue weighted by Gasteiger charge is 2.33. The van der Waals surface area contributed by atoms with Crippen LogP contribution in [0.15, 0.2) is 18.3 Å². The number of fused-ring (bicyclic) bond motifs is 1. The quantitative estimate of drug-likeness (QED) is 0.811. The third-order valence-corrected chi connectivity index (χ3v) is 5.69. The number of aliphatic hydroxyl groups excluding tert-OH is 1. The second kappa shape index (κ2) is 7.89. The first-order valence-corrected chi connectivity index (χ1v) is 9.85. The third-order valence-electron chi connectivity index (χ3n) is 5.47. The number of aliphatic hydroxyl groups is 1. The molecule has 1 saturated heterocycles. The van der Waals surface area contributed by atoms with Gasteiger partial charge in [-0.15, -0.1) is 0 Å². The van der Waals surface area contributed by atoms with Crippen LogP contribution >= 0.6 is 11.6 Å². The van der Waals surface area contributed by atoms with Crippen molar-refractivity contribution in [2.45, 2.75) is 38.3 Å². The van der Waals surface area contributed by atoms with E-state index in [0.29, 0.717) is 42.5 Å². The number of piperidine rings is 1. The number of rotatable bonds is 3. The average molecular weight is 404 g/mol. The summed E-state index contributed by atoms with van der Waals surface area (Å²) >= 11 is 5.83. The van der Waals surface area contributed by atoms with Gasteiger partial charge in [0.2, 0.25) is 0 Å². The van der Waals surface area contributed by atoms with Gasteiger partial charge in [0.1, 0.15) is 5.69 Å². The van der Waals surface area contributed by atoms with Crippen molar-refractivity contribution in [3.63, 3.8) is 0 Å². The van der Waals surface area contributed by atoms with E-state index in [2.05, 4.69) is 15.2 Å². The van der Waals surface area contributed by atoms with Crippen LogP contribution < -0.4 is 0 Å². The first-order chi connectivity index (χ1) is 13.6. The molecule has 28 heavy (non-hydrogen) atoms. The maximum absolute atomic E-state index is 13.0. The molecular formula is C19H22ClN5O3. The molecule has 1 unspecified atom stereocenters. The molecule has 0 saturated carbocycles. The molecule has 9 heteroatoms. The summed E-state index contributed by atoms with van der Waals surface area (Å²) in [4.78, 5) is 33.2. The number of halogens is 1. The van der Waals surface area contributed by atoms with Gasteiger partial charge in [0.25, 0.3) is 11.8 Å². The number of pyridine rings is 1. The Hall–Kier alpha value is -2.45. The molecule has 2 aromatic rings. The molecule has 2 amide bonds. The zero-order valence-electron chi connectivity index (χ0n) is 15.4. The number of H-pyrrole nitrogens is 1. The summed E-state index contributed by atoms with van der Waals surface area (Å²) in [6.07, 6.45) is 4.76. The first kappa shape index (κ1) is 18.9. The van der Waals surface area contributed by atoms with Gasteiger partial charge >= 0.3 is 0 Å². The Kier molecular flexibility index (Phi) is 5.32. The number of hydrogen-bond acceptors (Lipinski definition) is 5. The molecule has 0 aliphatic carbocycles. The van der Waals surface area contributed by atoms with E-state index in [1.807, 2.05) is 0 Å². The molecule has 2 N–H and O–H groups in total. The van der Waals surface area contributed by atoms with Crippen LogP contribution in [-0.2, 0) is 13.0 Å². The Morgan fingerprint density at radius 3 is 2.86 bits per heavy atom. The molecule has 0 aromatic carbocycles. The van der Waals surface area contributed by atoms with Gasteiger partial charge in [-0.25, -0.2) is 4.98 Å². The lowest BCUT2D eigenvalue weighted by Crippen LogP contribution is -2.46. The van der Waals surface area contributed by atoms with Gasteiger partial charge in [0.15, 0.2) is 5.69 Å². The number of amides is 2. The van der Waals surface area contributed by atoms with Crippen molar-refractivity contribution in [2.24, 2.45) is 0 Å². The van der Waals surface area contributed by atoms with Crippen molar-refractivity contribution >= 4 is 23.4 Å². The fourth-order valence-electron chi connectivity index (χ4n) is 3.93. The van der Waals surface area contributed by atoms with Crippen LogP contribution in [0.5, 0.6) is 0 Å². The number of aromatic nitrogens is 3. The highest BCUT2D eigenvalue weighted by molar-refractivity contribution is 6.30. The van der Waals surface area contributed by atoms with Crippen molar-refractivity contribution < 1.29 is 14.7 Å². The highest BCUT2D eigenvalue weighted by Crippen LogP contribution is 2.25. The lowest BCUT2D eigenvalue weighted by Gasteiger charge is -2.34. The number of likely N-dealkylation sites (tertiary alicyclic amines) is 1. The van der Waals surface area contributed by atoms with Crippen molar-refractivity contribution in [3.05, 3.63) is 46.0 Å². The molecule has 2 aromatic heterocycles. The zero-order chi connectivity index (χ0) is 19.7. The van der Waals surface area contributed by atoms with Crippen molar-refractivity contribution in [1.29, 1.82) is 0 Å². The lowest BCUT2D eigenvalue weighted by atomic mass is 9.99. The second-order valence-electron chi connectivity index (χ2n) is 7.20. The average Bonchev–Trinajstić information content (AvgIpc) is 3.16. The van der Waals surface area contributed by atoms with E-state index in [-0.39, 0.29) is 24.5 Å². The normalized spacial score (nSPS) is 19.4. The van der Waals surface area contributed by atoms with Crippen LogP contribution in [0.4, 0.5) is 0 Å². The van der Waals surface area contributed by atoms with E-state index in [0.717, 1.165) is 30.5 Å². The number of carbonyl (C=O) groups excluding carboxylic acids is 2. The summed E-state index contributed by atoms with van der Waals surface area (Å²) in [6, 6.07) is 3.10. The number of carbonyl (C=O) groups is 2. The van der Waals surface area contributed by atoms with Gasteiger partial charge in [0.05, 0.1) is 29.9 Å². The van der Waals surface area contributed by atoms with Crippen molar-refractivity contribution in [2.75, 3.05) is 19.7 Å². The van der Waals surface area contributed by atoms with E-state index >= 15 is 0 Å². The van der Waals surface area contributed by atoms with Gasteiger partial charge in [-0.05, 0) is 37.8 Å². The largest absolute Gasteiger partial charge is 0.394 e. The minimum Gasteiger partial charge on any atom is -0.394 e. The zero-order valence-corrected chi connectivity index (χ0v) is 16.2. The predicted octanol–water partition coefficient (Wildman–Crippen LogP) is 1.64. The van der Waals surface area contributed by atoms with Crippen LogP contribution in [-0.4, -0.2) is 67.6 Å². The maximum Gasteiger partial charge on any atom is 0.274 e. The van der Waals surface area contributed by atoms with Crippen LogP contribution in [0.2, 0.25) is 5.02 Å². The Balaban J connectivity index is 1.51. The summed E-state index contributed by atoms with van der Waals surface area (Å²) in [7, 11) is 0. The molecule has 2 aliphatic heterocycles. The van der Waals surface area contributed by atoms with Gasteiger partial charge in [-0.2, -0.15) is 5.10 Å². The summed E-state index contributed by atoms with van der Waals surface area (Å²) in [5.74, 6) is -0.323. The minimum atomic E-state index is -0.179. The van der Waals surface area contributed by atoms with Gasteiger partial charge < -0.3 is 14.9 Å². The molecule has 0 radical (unpaired) electrons. The van der Waals surface area contributed by atoms with E-state index < -0.39 is 0 Å². The Morgan fingerprint density at radius 2 is 2.11 bits per heavy atom. The number of hydrogen-bond donors (Lipinski definition) is 2. The molecule has 0 bridgehead atoms. The molecule has 4 rings (SSSR count). The smallest absolute Gasteiger partial charge is 0.274 e. The Morgan fingerprint density at radius 1 is 1.25 bits per heavy atom. The van der Waals surface area contributed by atoms with E-state index in [1.165, 1.54) is 6.20 Å². The molecule has 0 spiro atoms. The first-order valence-electron chi connectivity index (χ1n) is 9.47. The monoisotopic (exact) mass is 403 g/mol. The van der Waals surface area contributed by atoms with Crippen LogP contribution in [0, 0.1) is 0 Å². The fourth-order valence-corrected chi connectivity index (χ4v) is 4.04. The number of aromatic amines is 1. The third kappa shape index (κ3) is 3.49. The van der Waals surface area contributed by atoms with E-state index in [1.54, 1.807) is 21.9 Å². The summed E-state index contributed by atoms with van der Waals surface area (Å²) in [6.45, 7) is 1.44. The standard InChI is InChI=1S/C19H22ClN5O3/c20-12-4-5-15(21-9-12)18(27)24-8-6-14-16(10-24)22-23-17(14)19(28)25-7-2-1-3-13(25)11-26/h4-5,9,13,26H,1-3,6-8,10-11H2,(H,22,23). The lowest BCUT2D eigenvalue weighted by molar-refractivity contribution is 0.0496. The number of nitrogens with one attached hydrogen (secondary N) is 1. The summed E-state index contributed by atoms with van der Waals surface area (Å²) in [5, 5.41) is 17.2. The molecule has 4 heterocycles. The van der Waals surface area contributed by atoms with E-state index in [9.17, 15) is 14.7 Å². The van der Waals surface area contributed by atoms with Gasteiger partial charge in [0, 0.05) is 24.8 Å². The van der Waals surface area contributed by atoms with Crippen LogP contribution in [0.1, 0.15) is 51.5 Å². The van der Waals surface area contributed by atoms with Crippen LogP contribution in [0.3, 0.4) is 0 Å². The molecule has 1 atom stereocenters. The van der Waals surface area contributed by atoms with Crippen molar-refractivity contribution in [1.82, 2.24) is 25.0 Å². The van der Waals surface area contributed by atoms with E-state index in [4.69, 9.17) is 11.6 Å². The minimum absolute atomic E-state index is 0.0330. The molecule has 2 aliphatic rings. The van der Waals surface area contributed by atoms with Gasteiger partial charge in [-0.3, -0.25) is 14.7 Å². The second-order valence-corrected chi connectivity index (χ2v) is 7.63.